The molecule has 0 saturated carbocycles. The molecule has 1 aromatic heterocycles. The fraction of sp³-hybridized carbons (Fsp3) is 0.500. The highest BCUT2D eigenvalue weighted by Gasteiger charge is 2.00. The Morgan fingerprint density at radius 1 is 1.77 bits per heavy atom. The van der Waals surface area contributed by atoms with Gasteiger partial charge in [0.25, 0.3) is 0 Å². The first-order valence-electron chi connectivity index (χ1n) is 4.17. The molecule has 5 nitrogen and oxygen atoms in total. The van der Waals surface area contributed by atoms with E-state index in [-0.39, 0.29) is 12.5 Å². The molecular weight excluding hydrogens is 168 g/mol. The zero-order valence-electron chi connectivity index (χ0n) is 7.66. The Labute approximate surface area is 76.9 Å². The lowest BCUT2D eigenvalue weighted by molar-refractivity contribution is -0.119. The van der Waals surface area contributed by atoms with Gasteiger partial charge in [-0.05, 0) is 0 Å². The summed E-state index contributed by atoms with van der Waals surface area (Å²) in [7, 11) is 1.92. The van der Waals surface area contributed by atoms with Crippen molar-refractivity contribution in [1.29, 1.82) is 0 Å². The Morgan fingerprint density at radius 2 is 2.54 bits per heavy atom. The summed E-state index contributed by atoms with van der Waals surface area (Å²) in [5, 5.41) is 2.68. The van der Waals surface area contributed by atoms with Crippen LogP contribution in [-0.2, 0) is 18.3 Å². The molecule has 1 aromatic rings. The van der Waals surface area contributed by atoms with Crippen LogP contribution in [0.4, 0.5) is 0 Å². The van der Waals surface area contributed by atoms with Crippen LogP contribution in [0, 0.1) is 0 Å². The second-order valence-electron chi connectivity index (χ2n) is 2.76. The van der Waals surface area contributed by atoms with E-state index in [9.17, 15) is 4.79 Å². The van der Waals surface area contributed by atoms with Gasteiger partial charge >= 0.3 is 0 Å². The van der Waals surface area contributed by atoms with Gasteiger partial charge < -0.3 is 15.6 Å². The van der Waals surface area contributed by atoms with Crippen molar-refractivity contribution in [3.05, 3.63) is 18.2 Å². The van der Waals surface area contributed by atoms with Crippen molar-refractivity contribution >= 4 is 5.91 Å². The molecule has 0 aliphatic rings. The van der Waals surface area contributed by atoms with Crippen molar-refractivity contribution in [2.75, 3.05) is 13.1 Å². The van der Waals surface area contributed by atoms with Gasteiger partial charge in [-0.3, -0.25) is 4.79 Å². The average Bonchev–Trinajstić information content (AvgIpc) is 2.52. The lowest BCUT2D eigenvalue weighted by Crippen LogP contribution is -2.32. The van der Waals surface area contributed by atoms with Gasteiger partial charge in [-0.1, -0.05) is 0 Å². The number of hydrogen-bond donors (Lipinski definition) is 2. The number of nitrogens with zero attached hydrogens (tertiary/aromatic N) is 2. The second kappa shape index (κ2) is 4.61. The molecule has 1 amide bonds. The van der Waals surface area contributed by atoms with Crippen LogP contribution in [0.2, 0.25) is 0 Å². The van der Waals surface area contributed by atoms with E-state index in [4.69, 9.17) is 5.73 Å². The predicted molar refractivity (Wildman–Crippen MR) is 49.0 cm³/mol. The summed E-state index contributed by atoms with van der Waals surface area (Å²) in [6, 6.07) is 0. The van der Waals surface area contributed by atoms with Crippen molar-refractivity contribution in [3.63, 3.8) is 0 Å². The number of aryl methyl sites for hydroxylation is 1. The van der Waals surface area contributed by atoms with Crippen LogP contribution in [0.15, 0.2) is 12.4 Å². The van der Waals surface area contributed by atoms with Crippen LogP contribution in [0.1, 0.15) is 5.82 Å². The van der Waals surface area contributed by atoms with Crippen LogP contribution in [0.3, 0.4) is 0 Å². The fourth-order valence-electron chi connectivity index (χ4n) is 1.02. The summed E-state index contributed by atoms with van der Waals surface area (Å²) in [5.41, 5.74) is 5.13. The number of nitrogens with one attached hydrogen (secondary N) is 1. The van der Waals surface area contributed by atoms with Gasteiger partial charge in [0.2, 0.25) is 5.91 Å². The molecule has 0 aliphatic heterocycles. The summed E-state index contributed by atoms with van der Waals surface area (Å²) < 4.78 is 1.93. The summed E-state index contributed by atoms with van der Waals surface area (Å²) >= 11 is 0. The first kappa shape index (κ1) is 9.73. The minimum absolute atomic E-state index is 0.0422. The lowest BCUT2D eigenvalue weighted by Gasteiger charge is -2.03. The topological polar surface area (TPSA) is 72.9 Å². The van der Waals surface area contributed by atoms with Gasteiger partial charge in [0.15, 0.2) is 0 Å². The molecule has 0 radical (unpaired) electrons. The second-order valence-corrected chi connectivity index (χ2v) is 2.76. The summed E-state index contributed by atoms with van der Waals surface area (Å²) in [4.78, 5) is 14.9. The molecule has 13 heavy (non-hydrogen) atoms. The molecule has 3 N–H and O–H groups in total. The molecule has 0 unspecified atom stereocenters. The third-order valence-electron chi connectivity index (χ3n) is 1.78. The highest BCUT2D eigenvalue weighted by Crippen LogP contribution is 1.93. The zero-order chi connectivity index (χ0) is 9.68. The van der Waals surface area contributed by atoms with Gasteiger partial charge in [-0.2, -0.15) is 0 Å². The third-order valence-corrected chi connectivity index (χ3v) is 1.78. The standard InChI is InChI=1S/C8H14N4O/c1-12-5-4-10-7(12)2-3-11-8(13)6-9/h4-5H,2-3,6,9H2,1H3,(H,11,13). The molecule has 0 bridgehead atoms. The third kappa shape index (κ3) is 2.87. The van der Waals surface area contributed by atoms with Crippen LogP contribution in [0.5, 0.6) is 0 Å². The number of imidazole rings is 1. The average molecular weight is 182 g/mol. The van der Waals surface area contributed by atoms with Crippen molar-refractivity contribution < 1.29 is 4.79 Å². The highest BCUT2D eigenvalue weighted by atomic mass is 16.1. The van der Waals surface area contributed by atoms with E-state index >= 15 is 0 Å². The van der Waals surface area contributed by atoms with Gasteiger partial charge in [0.05, 0.1) is 6.54 Å². The van der Waals surface area contributed by atoms with Crippen LogP contribution < -0.4 is 11.1 Å². The molecule has 0 spiro atoms. The minimum atomic E-state index is -0.130. The van der Waals surface area contributed by atoms with Crippen molar-refractivity contribution in [2.45, 2.75) is 6.42 Å². The molecular formula is C8H14N4O. The van der Waals surface area contributed by atoms with Crippen LogP contribution >= 0.6 is 0 Å². The lowest BCUT2D eigenvalue weighted by atomic mass is 10.4. The number of carbonyl (C=O) groups excluding carboxylic acids is 1. The Kier molecular flexibility index (Phi) is 3.45. The molecule has 0 aliphatic carbocycles. The van der Waals surface area contributed by atoms with Crippen molar-refractivity contribution in [2.24, 2.45) is 12.8 Å². The largest absolute Gasteiger partial charge is 0.355 e. The maximum absolute atomic E-state index is 10.8. The molecule has 0 saturated heterocycles. The number of rotatable bonds is 4. The maximum atomic E-state index is 10.8. The zero-order valence-corrected chi connectivity index (χ0v) is 7.66. The minimum Gasteiger partial charge on any atom is -0.355 e. The number of aromatic nitrogens is 2. The number of hydrogen-bond acceptors (Lipinski definition) is 3. The van der Waals surface area contributed by atoms with E-state index in [0.717, 1.165) is 12.2 Å². The maximum Gasteiger partial charge on any atom is 0.233 e. The number of nitrogens with two attached hydrogens (primary N) is 1. The molecule has 0 atom stereocenters. The molecule has 0 aromatic carbocycles. The quantitative estimate of drug-likeness (QED) is 0.629. The molecule has 5 heteroatoms. The fourth-order valence-corrected chi connectivity index (χ4v) is 1.02. The summed E-state index contributed by atoms with van der Waals surface area (Å²) in [5.74, 6) is 0.825. The Morgan fingerprint density at radius 3 is 3.08 bits per heavy atom. The molecule has 1 heterocycles. The first-order valence-corrected chi connectivity index (χ1v) is 4.17. The monoisotopic (exact) mass is 182 g/mol. The van der Waals surface area contributed by atoms with E-state index in [2.05, 4.69) is 10.3 Å². The molecule has 72 valence electrons. The van der Waals surface area contributed by atoms with Crippen LogP contribution in [0.25, 0.3) is 0 Å². The van der Waals surface area contributed by atoms with E-state index in [1.54, 1.807) is 6.20 Å². The smallest absolute Gasteiger partial charge is 0.233 e. The Hall–Kier alpha value is -1.36. The van der Waals surface area contributed by atoms with Crippen molar-refractivity contribution in [3.8, 4) is 0 Å². The number of carbonyl (C=O) groups is 1. The molecule has 1 rings (SSSR count). The summed E-state index contributed by atoms with van der Waals surface area (Å²) in [6.45, 7) is 0.626. The number of amides is 1. The Balaban J connectivity index is 2.28. The van der Waals surface area contributed by atoms with Crippen molar-refractivity contribution in [1.82, 2.24) is 14.9 Å². The SMILES string of the molecule is Cn1ccnc1CCNC(=O)CN. The van der Waals surface area contributed by atoms with Gasteiger partial charge in [0.1, 0.15) is 5.82 Å². The van der Waals surface area contributed by atoms with Crippen LogP contribution in [-0.4, -0.2) is 28.5 Å². The van der Waals surface area contributed by atoms with E-state index in [1.807, 2.05) is 17.8 Å². The first-order chi connectivity index (χ1) is 6.24. The molecule has 0 fully saturated rings. The Bertz CT molecular complexity index is 281. The summed E-state index contributed by atoms with van der Waals surface area (Å²) in [6.07, 6.45) is 4.34. The predicted octanol–water partition coefficient (Wildman–Crippen LogP) is -0.962. The highest BCUT2D eigenvalue weighted by molar-refractivity contribution is 5.77. The van der Waals surface area contributed by atoms with E-state index < -0.39 is 0 Å². The van der Waals surface area contributed by atoms with Gasteiger partial charge in [-0.15, -0.1) is 0 Å². The van der Waals surface area contributed by atoms with E-state index in [0.29, 0.717) is 6.54 Å². The normalized spacial score (nSPS) is 10.0. The van der Waals surface area contributed by atoms with Gasteiger partial charge in [0, 0.05) is 32.4 Å². The van der Waals surface area contributed by atoms with E-state index in [1.165, 1.54) is 0 Å². The van der Waals surface area contributed by atoms with Gasteiger partial charge in [-0.25, -0.2) is 4.98 Å².